The summed E-state index contributed by atoms with van der Waals surface area (Å²) < 4.78 is 5.20. The fraction of sp³-hybridized carbons (Fsp3) is 0.312. The van der Waals surface area contributed by atoms with E-state index in [1.54, 1.807) is 7.11 Å². The van der Waals surface area contributed by atoms with Crippen LogP contribution >= 0.6 is 0 Å². The first kappa shape index (κ1) is 14.2. The third-order valence-corrected chi connectivity index (χ3v) is 2.73. The second kappa shape index (κ2) is 6.80. The second-order valence-corrected chi connectivity index (χ2v) is 3.82. The van der Waals surface area contributed by atoms with E-state index in [2.05, 4.69) is 24.0 Å². The fourth-order valence-electron chi connectivity index (χ4n) is 1.83. The predicted molar refractivity (Wildman–Crippen MR) is 77.0 cm³/mol. The van der Waals surface area contributed by atoms with Gasteiger partial charge >= 0.3 is 0 Å². The quantitative estimate of drug-likeness (QED) is 0.780. The molecule has 2 heteroatoms. The molecule has 0 aliphatic heterocycles. The number of rotatable bonds is 2. The summed E-state index contributed by atoms with van der Waals surface area (Å²) in [5.74, 6) is 0.891. The molecule has 0 aliphatic rings. The molecule has 2 nitrogen and oxygen atoms in total. The zero-order valence-corrected chi connectivity index (χ0v) is 11.8. The van der Waals surface area contributed by atoms with E-state index in [-0.39, 0.29) is 0 Å². The Morgan fingerprint density at radius 2 is 1.72 bits per heavy atom. The maximum absolute atomic E-state index is 5.20. The van der Waals surface area contributed by atoms with E-state index >= 15 is 0 Å². The Morgan fingerprint density at radius 1 is 1.00 bits per heavy atom. The van der Waals surface area contributed by atoms with E-state index in [0.717, 1.165) is 11.4 Å². The van der Waals surface area contributed by atoms with Crippen molar-refractivity contribution in [2.75, 3.05) is 7.11 Å². The Balaban J connectivity index is 0.000000771. The molecular weight excluding hydrogens is 222 g/mol. The van der Waals surface area contributed by atoms with Gasteiger partial charge in [0.15, 0.2) is 0 Å². The molecule has 2 aromatic rings. The Bertz CT molecular complexity index is 506. The van der Waals surface area contributed by atoms with Crippen LogP contribution in [0.3, 0.4) is 0 Å². The summed E-state index contributed by atoms with van der Waals surface area (Å²) in [6.07, 6.45) is 1.82. The van der Waals surface area contributed by atoms with Crippen LogP contribution in [0.25, 0.3) is 11.1 Å². The smallest absolute Gasteiger partial charge is 0.119 e. The van der Waals surface area contributed by atoms with Crippen molar-refractivity contribution in [1.29, 1.82) is 0 Å². The number of benzene rings is 1. The minimum atomic E-state index is 0.891. The number of nitrogens with zero attached hydrogens (tertiary/aromatic N) is 1. The normalized spacial score (nSPS) is 9.39. The topological polar surface area (TPSA) is 22.1 Å². The van der Waals surface area contributed by atoms with Crippen molar-refractivity contribution in [2.24, 2.45) is 0 Å². The first-order valence-corrected chi connectivity index (χ1v) is 6.29. The Morgan fingerprint density at radius 3 is 2.28 bits per heavy atom. The summed E-state index contributed by atoms with van der Waals surface area (Å²) in [5.41, 5.74) is 4.65. The molecule has 0 bridgehead atoms. The third-order valence-electron chi connectivity index (χ3n) is 2.73. The standard InChI is InChI=1S/C14H15NO.C2H6/c1-10-9-12(16-3)6-7-13(10)14-5-4-8-15-11(14)2;1-2/h4-9H,1-3H3;1-2H3. The van der Waals surface area contributed by atoms with Crippen LogP contribution < -0.4 is 4.74 Å². The molecule has 18 heavy (non-hydrogen) atoms. The lowest BCUT2D eigenvalue weighted by molar-refractivity contribution is 0.414. The van der Waals surface area contributed by atoms with Crippen molar-refractivity contribution in [3.8, 4) is 16.9 Å². The molecule has 0 N–H and O–H groups in total. The highest BCUT2D eigenvalue weighted by Crippen LogP contribution is 2.28. The van der Waals surface area contributed by atoms with E-state index in [4.69, 9.17) is 4.74 Å². The van der Waals surface area contributed by atoms with Crippen LogP contribution in [0.15, 0.2) is 36.5 Å². The number of hydrogen-bond donors (Lipinski definition) is 0. The van der Waals surface area contributed by atoms with Gasteiger partial charge in [-0.2, -0.15) is 0 Å². The number of ether oxygens (including phenoxy) is 1. The molecule has 96 valence electrons. The maximum Gasteiger partial charge on any atom is 0.119 e. The first-order valence-electron chi connectivity index (χ1n) is 6.29. The molecule has 2 rings (SSSR count). The minimum Gasteiger partial charge on any atom is -0.497 e. The lowest BCUT2D eigenvalue weighted by atomic mass is 9.99. The zero-order valence-electron chi connectivity index (χ0n) is 11.8. The number of aromatic nitrogens is 1. The van der Waals surface area contributed by atoms with Crippen LogP contribution in [0.5, 0.6) is 5.75 Å². The summed E-state index contributed by atoms with van der Waals surface area (Å²) in [5, 5.41) is 0. The summed E-state index contributed by atoms with van der Waals surface area (Å²) in [6, 6.07) is 10.2. The number of aryl methyl sites for hydroxylation is 2. The van der Waals surface area contributed by atoms with Crippen molar-refractivity contribution in [3.63, 3.8) is 0 Å². The van der Waals surface area contributed by atoms with E-state index in [9.17, 15) is 0 Å². The lowest BCUT2D eigenvalue weighted by Crippen LogP contribution is -1.90. The molecule has 0 fully saturated rings. The number of hydrogen-bond acceptors (Lipinski definition) is 2. The van der Waals surface area contributed by atoms with E-state index in [1.165, 1.54) is 16.7 Å². The van der Waals surface area contributed by atoms with Gasteiger partial charge < -0.3 is 4.74 Å². The van der Waals surface area contributed by atoms with Crippen molar-refractivity contribution in [1.82, 2.24) is 4.98 Å². The SMILES string of the molecule is CC.COc1ccc(-c2cccnc2C)c(C)c1. The molecule has 1 aromatic carbocycles. The highest BCUT2D eigenvalue weighted by molar-refractivity contribution is 5.69. The van der Waals surface area contributed by atoms with Crippen LogP contribution in [0.4, 0.5) is 0 Å². The molecule has 0 aliphatic carbocycles. The fourth-order valence-corrected chi connectivity index (χ4v) is 1.83. The molecule has 0 saturated carbocycles. The highest BCUT2D eigenvalue weighted by atomic mass is 16.5. The Kier molecular flexibility index (Phi) is 5.37. The van der Waals surface area contributed by atoms with Gasteiger partial charge in [0.05, 0.1) is 7.11 Å². The van der Waals surface area contributed by atoms with E-state index in [1.807, 2.05) is 45.2 Å². The molecule has 0 unspecified atom stereocenters. The van der Waals surface area contributed by atoms with Gasteiger partial charge in [0, 0.05) is 17.5 Å². The predicted octanol–water partition coefficient (Wildman–Crippen LogP) is 4.40. The van der Waals surface area contributed by atoms with Gasteiger partial charge in [-0.05, 0) is 43.2 Å². The molecule has 0 amide bonds. The average molecular weight is 243 g/mol. The van der Waals surface area contributed by atoms with Gasteiger partial charge in [-0.1, -0.05) is 26.0 Å². The van der Waals surface area contributed by atoms with Crippen LogP contribution in [0, 0.1) is 13.8 Å². The maximum atomic E-state index is 5.20. The van der Waals surface area contributed by atoms with E-state index < -0.39 is 0 Å². The monoisotopic (exact) mass is 243 g/mol. The zero-order chi connectivity index (χ0) is 13.5. The molecular formula is C16H21NO. The highest BCUT2D eigenvalue weighted by Gasteiger charge is 2.05. The third kappa shape index (κ3) is 3.10. The second-order valence-electron chi connectivity index (χ2n) is 3.82. The Labute approximate surface area is 110 Å². The van der Waals surface area contributed by atoms with Gasteiger partial charge in [0.1, 0.15) is 5.75 Å². The van der Waals surface area contributed by atoms with Crippen molar-refractivity contribution in [2.45, 2.75) is 27.7 Å². The van der Waals surface area contributed by atoms with Crippen LogP contribution in [-0.2, 0) is 0 Å². The molecule has 1 aromatic heterocycles. The summed E-state index contributed by atoms with van der Waals surface area (Å²) in [7, 11) is 1.68. The van der Waals surface area contributed by atoms with E-state index in [0.29, 0.717) is 0 Å². The first-order chi connectivity index (χ1) is 8.72. The van der Waals surface area contributed by atoms with Gasteiger partial charge in [-0.15, -0.1) is 0 Å². The minimum absolute atomic E-state index is 0.891. The largest absolute Gasteiger partial charge is 0.497 e. The van der Waals surface area contributed by atoms with Gasteiger partial charge in [-0.25, -0.2) is 0 Å². The van der Waals surface area contributed by atoms with Gasteiger partial charge in [-0.3, -0.25) is 4.98 Å². The molecule has 0 spiro atoms. The van der Waals surface area contributed by atoms with Crippen molar-refractivity contribution >= 4 is 0 Å². The van der Waals surface area contributed by atoms with Crippen molar-refractivity contribution < 1.29 is 4.74 Å². The van der Waals surface area contributed by atoms with Gasteiger partial charge in [0.2, 0.25) is 0 Å². The molecule has 0 saturated heterocycles. The lowest BCUT2D eigenvalue weighted by Gasteiger charge is -2.09. The molecule has 0 atom stereocenters. The number of methoxy groups -OCH3 is 1. The average Bonchev–Trinajstić information content (AvgIpc) is 2.42. The summed E-state index contributed by atoms with van der Waals surface area (Å²) >= 11 is 0. The summed E-state index contributed by atoms with van der Waals surface area (Å²) in [6.45, 7) is 8.11. The molecule has 0 radical (unpaired) electrons. The number of pyridine rings is 1. The van der Waals surface area contributed by atoms with Crippen LogP contribution in [0.1, 0.15) is 25.1 Å². The van der Waals surface area contributed by atoms with Crippen molar-refractivity contribution in [3.05, 3.63) is 47.8 Å². The summed E-state index contributed by atoms with van der Waals surface area (Å²) in [4.78, 5) is 4.31. The Hall–Kier alpha value is -1.83. The van der Waals surface area contributed by atoms with Crippen LogP contribution in [0.2, 0.25) is 0 Å². The molecule has 1 heterocycles. The van der Waals surface area contributed by atoms with Gasteiger partial charge in [0.25, 0.3) is 0 Å². The van der Waals surface area contributed by atoms with Crippen LogP contribution in [-0.4, -0.2) is 12.1 Å².